The Balaban J connectivity index is 1.58. The fraction of sp³-hybridized carbons (Fsp3) is 0.222. The number of carbonyl (C=O) groups excluding carboxylic acids is 2. The zero-order valence-electron chi connectivity index (χ0n) is 13.7. The van der Waals surface area contributed by atoms with Gasteiger partial charge in [-0.2, -0.15) is 0 Å². The Morgan fingerprint density at radius 2 is 1.84 bits per heavy atom. The molecule has 6 nitrogen and oxygen atoms in total. The molecule has 2 N–H and O–H groups in total. The van der Waals surface area contributed by atoms with E-state index in [0.717, 1.165) is 11.4 Å². The molecule has 3 amide bonds. The fourth-order valence-corrected chi connectivity index (χ4v) is 2.83. The van der Waals surface area contributed by atoms with Crippen LogP contribution in [0.25, 0.3) is 0 Å². The lowest BCUT2D eigenvalue weighted by molar-refractivity contribution is -0.117. The number of anilines is 2. The van der Waals surface area contributed by atoms with Crippen molar-refractivity contribution in [2.24, 2.45) is 0 Å². The Kier molecular flexibility index (Phi) is 5.09. The molecular formula is C18H18ClN3O3. The van der Waals surface area contributed by atoms with Crippen molar-refractivity contribution in [3.8, 4) is 5.75 Å². The molecule has 1 atom stereocenters. The van der Waals surface area contributed by atoms with Gasteiger partial charge in [-0.15, -0.1) is 0 Å². The zero-order chi connectivity index (χ0) is 17.8. The summed E-state index contributed by atoms with van der Waals surface area (Å²) in [7, 11) is 1.59. The van der Waals surface area contributed by atoms with Crippen LogP contribution in [0.5, 0.6) is 5.75 Å². The molecule has 1 heterocycles. The maximum absolute atomic E-state index is 12.2. The number of rotatable bonds is 4. The summed E-state index contributed by atoms with van der Waals surface area (Å²) in [5, 5.41) is 6.15. The minimum atomic E-state index is -0.350. The first-order chi connectivity index (χ1) is 12.0. The van der Waals surface area contributed by atoms with Crippen LogP contribution in [-0.4, -0.2) is 31.6 Å². The van der Waals surface area contributed by atoms with Crippen LogP contribution in [-0.2, 0) is 4.79 Å². The standard InChI is InChI=1S/C18H18ClN3O3/c1-25-16-8-6-15(7-9-16)22-11-14(10-17(22)23)21-18(24)20-13-4-2-12(19)3-5-13/h2-9,14H,10-11H2,1H3,(H2,20,21,24). The Morgan fingerprint density at radius 1 is 1.16 bits per heavy atom. The molecule has 1 saturated heterocycles. The number of methoxy groups -OCH3 is 1. The number of nitrogens with one attached hydrogen (secondary N) is 2. The lowest BCUT2D eigenvalue weighted by Gasteiger charge is -2.17. The molecule has 130 valence electrons. The van der Waals surface area contributed by atoms with E-state index in [2.05, 4.69) is 10.6 Å². The summed E-state index contributed by atoms with van der Waals surface area (Å²) >= 11 is 5.82. The van der Waals surface area contributed by atoms with Crippen LogP contribution in [0, 0.1) is 0 Å². The molecule has 1 aliphatic heterocycles. The van der Waals surface area contributed by atoms with Crippen LogP contribution in [0.1, 0.15) is 6.42 Å². The van der Waals surface area contributed by atoms with E-state index in [1.165, 1.54) is 0 Å². The van der Waals surface area contributed by atoms with Crippen molar-refractivity contribution >= 4 is 34.9 Å². The summed E-state index contributed by atoms with van der Waals surface area (Å²) in [5.41, 5.74) is 1.42. The molecule has 25 heavy (non-hydrogen) atoms. The third-order valence-electron chi connectivity index (χ3n) is 3.95. The van der Waals surface area contributed by atoms with Gasteiger partial charge in [0.05, 0.1) is 13.2 Å². The number of amides is 3. The second-order valence-electron chi connectivity index (χ2n) is 5.71. The fourth-order valence-electron chi connectivity index (χ4n) is 2.70. The van der Waals surface area contributed by atoms with Gasteiger partial charge in [-0.25, -0.2) is 4.79 Å². The zero-order valence-corrected chi connectivity index (χ0v) is 14.4. The molecule has 1 aliphatic rings. The van der Waals surface area contributed by atoms with Gasteiger partial charge in [0.25, 0.3) is 0 Å². The number of nitrogens with zero attached hydrogens (tertiary/aromatic N) is 1. The van der Waals surface area contributed by atoms with E-state index in [0.29, 0.717) is 17.3 Å². The van der Waals surface area contributed by atoms with Crippen LogP contribution in [0.15, 0.2) is 48.5 Å². The molecule has 1 unspecified atom stereocenters. The van der Waals surface area contributed by atoms with Gasteiger partial charge in [0.15, 0.2) is 0 Å². The van der Waals surface area contributed by atoms with Crippen LogP contribution in [0.2, 0.25) is 5.02 Å². The number of hydrogen-bond donors (Lipinski definition) is 2. The van der Waals surface area contributed by atoms with E-state index >= 15 is 0 Å². The quantitative estimate of drug-likeness (QED) is 0.880. The number of urea groups is 1. The molecule has 0 aromatic heterocycles. The summed E-state index contributed by atoms with van der Waals surface area (Å²) in [6.45, 7) is 0.430. The normalized spacial score (nSPS) is 16.6. The first-order valence-corrected chi connectivity index (χ1v) is 8.20. The van der Waals surface area contributed by atoms with E-state index in [1.807, 2.05) is 12.1 Å². The van der Waals surface area contributed by atoms with E-state index < -0.39 is 0 Å². The lowest BCUT2D eigenvalue weighted by Crippen LogP contribution is -2.39. The van der Waals surface area contributed by atoms with Gasteiger partial charge in [-0.05, 0) is 48.5 Å². The van der Waals surface area contributed by atoms with E-state index in [4.69, 9.17) is 16.3 Å². The van der Waals surface area contributed by atoms with Crippen molar-refractivity contribution in [2.45, 2.75) is 12.5 Å². The summed E-state index contributed by atoms with van der Waals surface area (Å²) < 4.78 is 5.12. The third-order valence-corrected chi connectivity index (χ3v) is 4.20. The van der Waals surface area contributed by atoms with Crippen molar-refractivity contribution in [2.75, 3.05) is 23.9 Å². The second-order valence-corrected chi connectivity index (χ2v) is 6.15. The Bertz CT molecular complexity index is 762. The molecule has 0 aliphatic carbocycles. The van der Waals surface area contributed by atoms with Crippen molar-refractivity contribution < 1.29 is 14.3 Å². The average molecular weight is 360 g/mol. The number of ether oxygens (including phenoxy) is 1. The van der Waals surface area contributed by atoms with E-state index in [9.17, 15) is 9.59 Å². The Morgan fingerprint density at radius 3 is 2.48 bits per heavy atom. The SMILES string of the molecule is COc1ccc(N2CC(NC(=O)Nc3ccc(Cl)cc3)CC2=O)cc1. The van der Waals surface area contributed by atoms with Crippen LogP contribution < -0.4 is 20.3 Å². The third kappa shape index (κ3) is 4.22. The maximum atomic E-state index is 12.2. The summed E-state index contributed by atoms with van der Waals surface area (Å²) in [5.74, 6) is 0.703. The van der Waals surface area contributed by atoms with Crippen molar-refractivity contribution in [1.29, 1.82) is 0 Å². The summed E-state index contributed by atoms with van der Waals surface area (Å²) in [6, 6.07) is 13.5. The molecule has 0 radical (unpaired) electrons. The second kappa shape index (κ2) is 7.44. The molecule has 1 fully saturated rings. The molecule has 2 aromatic carbocycles. The number of hydrogen-bond acceptors (Lipinski definition) is 3. The largest absolute Gasteiger partial charge is 0.497 e. The van der Waals surface area contributed by atoms with Gasteiger partial charge in [0.2, 0.25) is 5.91 Å². The number of halogens is 1. The lowest BCUT2D eigenvalue weighted by atomic mass is 10.2. The molecule has 2 aromatic rings. The van der Waals surface area contributed by atoms with Crippen LogP contribution in [0.3, 0.4) is 0 Å². The van der Waals surface area contributed by atoms with Crippen molar-refractivity contribution in [1.82, 2.24) is 5.32 Å². The highest BCUT2D eigenvalue weighted by Crippen LogP contribution is 2.24. The smallest absolute Gasteiger partial charge is 0.319 e. The molecular weight excluding hydrogens is 342 g/mol. The number of benzene rings is 2. The van der Waals surface area contributed by atoms with Gasteiger partial charge >= 0.3 is 6.03 Å². The first-order valence-electron chi connectivity index (χ1n) is 7.82. The average Bonchev–Trinajstić information content (AvgIpc) is 2.97. The highest BCUT2D eigenvalue weighted by atomic mass is 35.5. The van der Waals surface area contributed by atoms with E-state index in [1.54, 1.807) is 48.4 Å². The molecule has 7 heteroatoms. The van der Waals surface area contributed by atoms with Crippen molar-refractivity contribution in [3.63, 3.8) is 0 Å². The highest BCUT2D eigenvalue weighted by Gasteiger charge is 2.31. The molecule has 0 bridgehead atoms. The van der Waals surface area contributed by atoms with Crippen LogP contribution >= 0.6 is 11.6 Å². The van der Waals surface area contributed by atoms with Gasteiger partial charge in [0, 0.05) is 29.4 Å². The monoisotopic (exact) mass is 359 g/mol. The summed E-state index contributed by atoms with van der Waals surface area (Å²) in [6.07, 6.45) is 0.264. The van der Waals surface area contributed by atoms with Gasteiger partial charge in [-0.1, -0.05) is 11.6 Å². The maximum Gasteiger partial charge on any atom is 0.319 e. The minimum Gasteiger partial charge on any atom is -0.497 e. The minimum absolute atomic E-state index is 0.0260. The van der Waals surface area contributed by atoms with Crippen LogP contribution in [0.4, 0.5) is 16.2 Å². The van der Waals surface area contributed by atoms with Gasteiger partial charge in [-0.3, -0.25) is 4.79 Å². The molecule has 0 saturated carbocycles. The number of carbonyl (C=O) groups is 2. The van der Waals surface area contributed by atoms with Crippen molar-refractivity contribution in [3.05, 3.63) is 53.6 Å². The topological polar surface area (TPSA) is 70.7 Å². The van der Waals surface area contributed by atoms with Gasteiger partial charge in [0.1, 0.15) is 5.75 Å². The van der Waals surface area contributed by atoms with E-state index in [-0.39, 0.29) is 24.4 Å². The van der Waals surface area contributed by atoms with Gasteiger partial charge < -0.3 is 20.3 Å². The Labute approximate surface area is 150 Å². The molecule has 3 rings (SSSR count). The predicted molar refractivity (Wildman–Crippen MR) is 97.4 cm³/mol. The predicted octanol–water partition coefficient (Wildman–Crippen LogP) is 3.28. The Hall–Kier alpha value is -2.73. The molecule has 0 spiro atoms. The highest BCUT2D eigenvalue weighted by molar-refractivity contribution is 6.30. The summed E-state index contributed by atoms with van der Waals surface area (Å²) in [4.78, 5) is 26.0. The first kappa shape index (κ1) is 17.1.